The number of rotatable bonds is 32. The van der Waals surface area contributed by atoms with Gasteiger partial charge in [-0.2, -0.15) is 25.3 Å². The van der Waals surface area contributed by atoms with Crippen molar-refractivity contribution in [2.45, 2.75) is 159 Å². The third-order valence-electron chi connectivity index (χ3n) is 19.2. The molecule has 1 unspecified atom stereocenters. The molecule has 2 saturated carbocycles. The van der Waals surface area contributed by atoms with Crippen molar-refractivity contribution in [3.8, 4) is 11.1 Å². The second-order valence-corrected chi connectivity index (χ2v) is 31.3. The maximum atomic E-state index is 14.5. The molecule has 39 nitrogen and oxygen atoms in total. The number of carbonyl (C=O) groups excluding carboxylic acids is 6. The molecule has 15 atom stereocenters. The first-order chi connectivity index (χ1) is 53.5. The highest BCUT2D eigenvalue weighted by atomic mass is 32.2. The van der Waals surface area contributed by atoms with E-state index in [0.717, 1.165) is 37.5 Å². The summed E-state index contributed by atoms with van der Waals surface area (Å²) in [6.45, 7) is -1.34. The quantitative estimate of drug-likeness (QED) is 0.0150. The molecule has 2 aliphatic heterocycles. The monoisotopic (exact) mass is 1640 g/mol. The minimum atomic E-state index is -5.39. The standard InChI is InChI=1S/C71H83N7O32S3/c1-35-57(83)59(85)60(86)69(105-35)110-61-46(76-66(89)47-31-53(80)78-71(93)77-47)27-41(28-48(61)107-70-63(109-68(92)40-10-6-3-7-11-40)62(58(84)50(32-79)108-70)106-49(67(90)91)26-36-8-4-2-5-9-36)64(87)73-23-22-72-54(81)33-103-24-25-104-34-55(82)74-42-18-16-38(17-19-42)37-12-14-39(15-13-37)65(88)75-45-20-21-51(112(97,98)99)44-29-43(111(94,95)96)30-52(56(44)45)113(100,101)102/h3,6-7,10-21,29-31,35-36,41,46,48-50,57-63,69-70,79,83-86H,2,4-5,8-9,22-28,32-34H2,1H3,(H,72,81)(H,73,87)(H,74,82)(H,75,88)(H,76,89)(H,90,91)(H,94,95,96)(H,97,98,99)(H,100,101,102)(H2,77,78,80,93)/t35-,41?,46-,48+,49-,50+,57+,58-,59+,60-,61+,62-,63+,69-,70+/m0/s1. The van der Waals surface area contributed by atoms with Crippen molar-refractivity contribution in [3.63, 3.8) is 0 Å². The number of anilines is 2. The summed E-state index contributed by atoms with van der Waals surface area (Å²) in [5, 5.41) is 77.5. The van der Waals surface area contributed by atoms with Gasteiger partial charge < -0.3 is 100 Å². The number of aliphatic hydroxyl groups is 5. The number of hydrogen-bond donors (Lipinski definition) is 16. The SMILES string of the molecule is C[C@@H]1O[C@@H](O[C@@H]2[C@@H](NC(=O)c3cc(=O)[nH]c(=O)[nH]3)CC(C(=O)NCCNC(=O)COCCOCC(=O)Nc3ccc(-c4ccc(C(=O)Nc5ccc(S(=O)(=O)O)c6cc(S(=O)(=O)O)cc(S(=O)(=O)O)c56)cc4)cc3)C[C@H]2O[C@@H]2O[C@H](CO)[C@H](O)[C@H](O[C@@H](CC3CCCCC3)C(=O)O)[C@H]2OC(=O)c2ccccc2)[C@@H](O)[C@H](O)[C@@H]1O. The van der Waals surface area contributed by atoms with Gasteiger partial charge in [-0.1, -0.05) is 74.6 Å². The number of aromatic amines is 2. The van der Waals surface area contributed by atoms with Crippen molar-refractivity contribution in [3.05, 3.63) is 147 Å². The molecule has 5 aromatic carbocycles. The lowest BCUT2D eigenvalue weighted by molar-refractivity contribution is -0.347. The Kier molecular flexibility index (Phi) is 28.7. The van der Waals surface area contributed by atoms with Gasteiger partial charge in [-0.15, -0.1) is 0 Å². The van der Waals surface area contributed by atoms with Crippen LogP contribution in [0.15, 0.2) is 133 Å². The van der Waals surface area contributed by atoms with E-state index in [2.05, 4.69) is 31.6 Å². The number of H-pyrrole nitrogens is 2. The number of hydrogen-bond acceptors (Lipinski definition) is 28. The first kappa shape index (κ1) is 86.0. The normalized spacial score (nSPS) is 24.6. The zero-order valence-corrected chi connectivity index (χ0v) is 62.3. The van der Waals surface area contributed by atoms with Crippen LogP contribution in [0.1, 0.15) is 89.5 Å². The van der Waals surface area contributed by atoms with E-state index in [1.807, 2.05) is 4.98 Å². The molecule has 2 saturated heterocycles. The Morgan fingerprint density at radius 1 is 0.619 bits per heavy atom. The van der Waals surface area contributed by atoms with Crippen molar-refractivity contribution >= 4 is 94.0 Å². The Balaban J connectivity index is 0.751. The fourth-order valence-electron chi connectivity index (χ4n) is 13.6. The summed E-state index contributed by atoms with van der Waals surface area (Å²) in [4.78, 5) is 121. The van der Waals surface area contributed by atoms with Crippen molar-refractivity contribution in [1.82, 2.24) is 25.9 Å². The average Bonchev–Trinajstić information content (AvgIpc) is 0.739. The van der Waals surface area contributed by atoms with Crippen LogP contribution in [-0.2, 0) is 87.4 Å². The molecule has 0 bridgehead atoms. The fraction of sp³-hybridized carbons (Fsp3) is 0.451. The minimum Gasteiger partial charge on any atom is -0.479 e. The third kappa shape index (κ3) is 22.3. The van der Waals surface area contributed by atoms with E-state index in [4.69, 9.17) is 37.9 Å². The maximum Gasteiger partial charge on any atom is 0.338 e. The zero-order chi connectivity index (χ0) is 81.8. The van der Waals surface area contributed by atoms with Crippen LogP contribution in [0.4, 0.5) is 11.4 Å². The first-order valence-corrected chi connectivity index (χ1v) is 39.7. The van der Waals surface area contributed by atoms with Gasteiger partial charge in [-0.05, 0) is 104 Å². The van der Waals surface area contributed by atoms with Gasteiger partial charge in [0.15, 0.2) is 24.8 Å². The number of benzene rings is 5. The topological polar surface area (TPSA) is 604 Å². The number of carboxylic acid groups (broad SMARTS) is 1. The van der Waals surface area contributed by atoms with Crippen LogP contribution in [0, 0.1) is 11.8 Å². The van der Waals surface area contributed by atoms with Crippen LogP contribution in [0.3, 0.4) is 0 Å². The van der Waals surface area contributed by atoms with Crippen LogP contribution in [-0.4, -0.2) is 253 Å². The van der Waals surface area contributed by atoms with Crippen LogP contribution >= 0.6 is 0 Å². The summed E-state index contributed by atoms with van der Waals surface area (Å²) in [5.41, 5.74) is -1.65. The summed E-state index contributed by atoms with van der Waals surface area (Å²) >= 11 is 0. The zero-order valence-electron chi connectivity index (χ0n) is 59.9. The summed E-state index contributed by atoms with van der Waals surface area (Å²) in [5.74, 6) is -7.86. The highest BCUT2D eigenvalue weighted by molar-refractivity contribution is 7.87. The Morgan fingerprint density at radius 2 is 1.27 bits per heavy atom. The van der Waals surface area contributed by atoms with Crippen LogP contribution in [0.25, 0.3) is 21.9 Å². The molecule has 113 heavy (non-hydrogen) atoms. The molecule has 4 aliphatic rings. The number of fused-ring (bicyclic) bond motifs is 1. The Bertz CT molecular complexity index is 4890. The number of carboxylic acids is 1. The molecule has 6 aromatic rings. The molecule has 0 spiro atoms. The molecule has 4 fully saturated rings. The molecule has 0 radical (unpaired) electrons. The van der Waals surface area contributed by atoms with E-state index in [1.165, 1.54) is 55.5 Å². The number of nitrogens with one attached hydrogen (secondary N) is 7. The lowest BCUT2D eigenvalue weighted by Crippen LogP contribution is -2.65. The summed E-state index contributed by atoms with van der Waals surface area (Å²) in [6, 6.07) is 21.3. The number of aliphatic carboxylic acids is 1. The van der Waals surface area contributed by atoms with E-state index in [1.54, 1.807) is 30.3 Å². The lowest BCUT2D eigenvalue weighted by Gasteiger charge is -2.48. The molecule has 3 heterocycles. The number of aromatic nitrogens is 2. The number of carbonyl (C=O) groups is 7. The third-order valence-corrected chi connectivity index (χ3v) is 21.8. The second-order valence-electron chi connectivity index (χ2n) is 27.1. The van der Waals surface area contributed by atoms with E-state index in [0.29, 0.717) is 41.8 Å². The highest BCUT2D eigenvalue weighted by Crippen LogP contribution is 2.40. The largest absolute Gasteiger partial charge is 0.479 e. The molecule has 612 valence electrons. The minimum absolute atomic E-state index is 0.0266. The average molecular weight is 1640 g/mol. The van der Waals surface area contributed by atoms with E-state index < -0.39 is 244 Å². The summed E-state index contributed by atoms with van der Waals surface area (Å²) < 4.78 is 151. The fourth-order valence-corrected chi connectivity index (χ4v) is 15.6. The molecule has 16 N–H and O–H groups in total. The van der Waals surface area contributed by atoms with E-state index in [-0.39, 0.29) is 49.8 Å². The van der Waals surface area contributed by atoms with Crippen molar-refractivity contribution in [1.29, 1.82) is 0 Å². The van der Waals surface area contributed by atoms with Gasteiger partial charge in [0.2, 0.25) is 17.7 Å². The highest BCUT2D eigenvalue weighted by Gasteiger charge is 2.55. The Hall–Kier alpha value is -9.42. The van der Waals surface area contributed by atoms with Gasteiger partial charge in [-0.3, -0.25) is 47.4 Å². The molecule has 1 aromatic heterocycles. The van der Waals surface area contributed by atoms with Gasteiger partial charge in [-0.25, -0.2) is 14.4 Å². The first-order valence-electron chi connectivity index (χ1n) is 35.3. The number of ether oxygens (including phenoxy) is 8. The molecular weight excluding hydrogens is 1560 g/mol. The van der Waals surface area contributed by atoms with E-state index >= 15 is 0 Å². The van der Waals surface area contributed by atoms with Crippen molar-refractivity contribution in [2.24, 2.45) is 11.8 Å². The van der Waals surface area contributed by atoms with Gasteiger partial charge in [0.1, 0.15) is 71.4 Å². The molecule has 10 rings (SSSR count). The number of esters is 1. The molecular formula is C71H83N7O32S3. The van der Waals surface area contributed by atoms with E-state index in [9.17, 15) is 113 Å². The second kappa shape index (κ2) is 37.7. The van der Waals surface area contributed by atoms with Gasteiger partial charge >= 0.3 is 17.6 Å². The Labute approximate surface area is 643 Å². The number of amides is 5. The maximum absolute atomic E-state index is 14.5. The van der Waals surface area contributed by atoms with Gasteiger partial charge in [0, 0.05) is 47.1 Å². The van der Waals surface area contributed by atoms with Crippen LogP contribution in [0.5, 0.6) is 0 Å². The Morgan fingerprint density at radius 3 is 1.89 bits per heavy atom. The lowest BCUT2D eigenvalue weighted by atomic mass is 9.80. The van der Waals surface area contributed by atoms with Crippen molar-refractivity contribution < 1.29 is 141 Å². The summed E-state index contributed by atoms with van der Waals surface area (Å²) in [7, 11) is -15.8. The van der Waals surface area contributed by atoms with Gasteiger partial charge in [0.05, 0.1) is 54.2 Å². The predicted molar refractivity (Wildman–Crippen MR) is 388 cm³/mol. The van der Waals surface area contributed by atoms with Crippen molar-refractivity contribution in [2.75, 3.05) is 56.8 Å². The molecule has 2 aliphatic carbocycles. The molecule has 42 heteroatoms. The van der Waals surface area contributed by atoms with Crippen LogP contribution < -0.4 is 37.8 Å². The van der Waals surface area contributed by atoms with Crippen LogP contribution in [0.2, 0.25) is 0 Å². The van der Waals surface area contributed by atoms with Gasteiger partial charge in [0.25, 0.3) is 47.7 Å². The molecule has 5 amide bonds. The predicted octanol–water partition coefficient (Wildman–Crippen LogP) is -0.00110. The smallest absolute Gasteiger partial charge is 0.338 e. The number of aliphatic hydroxyl groups excluding tert-OH is 5. The summed E-state index contributed by atoms with van der Waals surface area (Å²) in [6.07, 6.45) is -19.9.